The van der Waals surface area contributed by atoms with Gasteiger partial charge in [0.05, 0.1) is 17.5 Å². The third-order valence-corrected chi connectivity index (χ3v) is 6.94. The first-order chi connectivity index (χ1) is 14.7. The second-order valence-corrected chi connectivity index (χ2v) is 9.65. The summed E-state index contributed by atoms with van der Waals surface area (Å²) in [7, 11) is 1.21. The predicted molar refractivity (Wildman–Crippen MR) is 120 cm³/mol. The first kappa shape index (κ1) is 22.9. The number of amides is 1. The molecule has 1 unspecified atom stereocenters. The summed E-state index contributed by atoms with van der Waals surface area (Å²) in [6.45, 7) is -0.0996. The molecule has 3 aromatic rings. The molecule has 1 atom stereocenters. The highest BCUT2D eigenvalue weighted by Gasteiger charge is 2.24. The Morgan fingerprint density at radius 2 is 1.68 bits per heavy atom. The monoisotopic (exact) mass is 443 g/mol. The molecule has 0 bridgehead atoms. The van der Waals surface area contributed by atoms with E-state index in [4.69, 9.17) is 0 Å². The Balaban J connectivity index is 1.67. The zero-order valence-corrected chi connectivity index (χ0v) is 18.6. The van der Waals surface area contributed by atoms with Crippen LogP contribution in [0.4, 0.5) is 4.39 Å². The van der Waals surface area contributed by atoms with Crippen LogP contribution in [0.3, 0.4) is 0 Å². The van der Waals surface area contributed by atoms with Crippen LogP contribution in [0.5, 0.6) is 0 Å². The number of nitrogens with zero attached hydrogens (tertiary/aromatic N) is 2. The molecule has 6 nitrogen and oxygen atoms in total. The smallest absolute Gasteiger partial charge is 0.243 e. The molecule has 0 aliphatic rings. The first-order valence-electron chi connectivity index (χ1n) is 9.82. The average Bonchev–Trinajstić information content (AvgIpc) is 2.73. The van der Waals surface area contributed by atoms with Crippen LogP contribution < -0.4 is 5.32 Å². The van der Waals surface area contributed by atoms with Crippen molar-refractivity contribution in [2.75, 3.05) is 34.2 Å². The molecule has 0 heterocycles. The summed E-state index contributed by atoms with van der Waals surface area (Å²) in [4.78, 5) is 14.5. The number of fused-ring (bicyclic) bond motifs is 1. The molecule has 8 heteroatoms. The Hall–Kier alpha value is -2.81. The first-order valence-corrected chi connectivity index (χ1v) is 11.3. The number of benzene rings is 3. The van der Waals surface area contributed by atoms with Gasteiger partial charge in [-0.15, -0.1) is 0 Å². The number of carbonyl (C=O) groups is 1. The Morgan fingerprint density at radius 1 is 0.968 bits per heavy atom. The maximum atomic E-state index is 13.6. The second kappa shape index (κ2) is 9.55. The summed E-state index contributed by atoms with van der Waals surface area (Å²) in [5.41, 5.74) is 0.724. The van der Waals surface area contributed by atoms with Crippen molar-refractivity contribution in [3.63, 3.8) is 0 Å². The Kier molecular flexibility index (Phi) is 7.04. The molecule has 0 spiro atoms. The third-order valence-electron chi connectivity index (χ3n) is 5.14. The van der Waals surface area contributed by atoms with Gasteiger partial charge in [0.25, 0.3) is 0 Å². The van der Waals surface area contributed by atoms with Crippen molar-refractivity contribution in [3.05, 3.63) is 78.1 Å². The van der Waals surface area contributed by atoms with Crippen LogP contribution in [0.1, 0.15) is 11.6 Å². The van der Waals surface area contributed by atoms with Gasteiger partial charge in [-0.2, -0.15) is 4.31 Å². The fourth-order valence-corrected chi connectivity index (χ4v) is 4.54. The van der Waals surface area contributed by atoms with Crippen molar-refractivity contribution in [2.45, 2.75) is 10.9 Å². The van der Waals surface area contributed by atoms with Gasteiger partial charge in [-0.1, -0.05) is 42.5 Å². The molecule has 0 aromatic heterocycles. The second-order valence-electron chi connectivity index (χ2n) is 7.61. The molecule has 3 aromatic carbocycles. The lowest BCUT2D eigenvalue weighted by molar-refractivity contribution is -0.121. The maximum absolute atomic E-state index is 13.6. The standard InChI is InChI=1S/C23H26FN3O3S/c1-26(2)22(19-9-6-10-20(24)13-19)15-25-23(28)16-27(3)31(29,30)21-12-11-17-7-4-5-8-18(17)14-21/h4-14,22H,15-16H2,1-3H3,(H,25,28). The molecule has 164 valence electrons. The molecule has 0 aliphatic heterocycles. The van der Waals surface area contributed by atoms with Gasteiger partial charge >= 0.3 is 0 Å². The van der Waals surface area contributed by atoms with Crippen LogP contribution >= 0.6 is 0 Å². The fourth-order valence-electron chi connectivity index (χ4n) is 3.37. The highest BCUT2D eigenvalue weighted by atomic mass is 32.2. The van der Waals surface area contributed by atoms with E-state index in [-0.39, 0.29) is 29.8 Å². The summed E-state index contributed by atoms with van der Waals surface area (Å²) < 4.78 is 40.4. The van der Waals surface area contributed by atoms with Crippen LogP contribution in [0.25, 0.3) is 10.8 Å². The van der Waals surface area contributed by atoms with Crippen LogP contribution in [-0.4, -0.2) is 57.8 Å². The fraction of sp³-hybridized carbons (Fsp3) is 0.261. The van der Waals surface area contributed by atoms with E-state index in [1.807, 2.05) is 43.3 Å². The summed E-state index contributed by atoms with van der Waals surface area (Å²) in [6, 6.07) is 18.3. The summed E-state index contributed by atoms with van der Waals surface area (Å²) in [5.74, 6) is -0.785. The van der Waals surface area contributed by atoms with Gasteiger partial charge in [-0.25, -0.2) is 12.8 Å². The molecule has 1 amide bonds. The van der Waals surface area contributed by atoms with Gasteiger partial charge in [-0.05, 0) is 54.7 Å². The van der Waals surface area contributed by atoms with Crippen LogP contribution in [-0.2, 0) is 14.8 Å². The van der Waals surface area contributed by atoms with E-state index >= 15 is 0 Å². The Bertz CT molecular complexity index is 1180. The summed E-state index contributed by atoms with van der Waals surface area (Å²) >= 11 is 0. The molecule has 0 aliphatic carbocycles. The molecule has 0 fully saturated rings. The predicted octanol–water partition coefficient (Wildman–Crippen LogP) is 3.02. The number of hydrogen-bond acceptors (Lipinski definition) is 4. The van der Waals surface area contributed by atoms with Crippen molar-refractivity contribution in [1.29, 1.82) is 0 Å². The van der Waals surface area contributed by atoms with E-state index in [2.05, 4.69) is 5.32 Å². The number of sulfonamides is 1. The lowest BCUT2D eigenvalue weighted by atomic mass is 10.1. The number of carbonyl (C=O) groups excluding carboxylic acids is 1. The Labute approximate surface area is 182 Å². The number of halogens is 1. The van der Waals surface area contributed by atoms with Crippen LogP contribution in [0.2, 0.25) is 0 Å². The molecule has 0 radical (unpaired) electrons. The van der Waals surface area contributed by atoms with Crippen molar-refractivity contribution in [1.82, 2.24) is 14.5 Å². The van der Waals surface area contributed by atoms with Crippen molar-refractivity contribution in [3.8, 4) is 0 Å². The highest BCUT2D eigenvalue weighted by Crippen LogP contribution is 2.21. The van der Waals surface area contributed by atoms with Crippen molar-refractivity contribution < 1.29 is 17.6 Å². The minimum atomic E-state index is -3.83. The number of nitrogens with one attached hydrogen (secondary N) is 1. The van der Waals surface area contributed by atoms with Gasteiger partial charge in [0.1, 0.15) is 5.82 Å². The zero-order valence-electron chi connectivity index (χ0n) is 17.7. The van der Waals surface area contributed by atoms with Gasteiger partial charge in [0, 0.05) is 13.6 Å². The van der Waals surface area contributed by atoms with Crippen molar-refractivity contribution >= 4 is 26.7 Å². The molecular weight excluding hydrogens is 417 g/mol. The molecule has 31 heavy (non-hydrogen) atoms. The SMILES string of the molecule is CN(C)C(CNC(=O)CN(C)S(=O)(=O)c1ccc2ccccc2c1)c1cccc(F)c1. The molecule has 0 saturated carbocycles. The maximum Gasteiger partial charge on any atom is 0.243 e. The largest absolute Gasteiger partial charge is 0.353 e. The van der Waals surface area contributed by atoms with E-state index < -0.39 is 15.9 Å². The van der Waals surface area contributed by atoms with Crippen LogP contribution in [0.15, 0.2) is 71.6 Å². The van der Waals surface area contributed by atoms with Gasteiger partial charge in [0.15, 0.2) is 0 Å². The summed E-state index contributed by atoms with van der Waals surface area (Å²) in [5, 5.41) is 4.51. The lowest BCUT2D eigenvalue weighted by Crippen LogP contribution is -2.41. The van der Waals surface area contributed by atoms with E-state index in [0.717, 1.165) is 20.6 Å². The van der Waals surface area contributed by atoms with Crippen LogP contribution in [0, 0.1) is 5.82 Å². The quantitative estimate of drug-likeness (QED) is 0.581. The van der Waals surface area contributed by atoms with Gasteiger partial charge in [-0.3, -0.25) is 4.79 Å². The number of rotatable bonds is 8. The highest BCUT2D eigenvalue weighted by molar-refractivity contribution is 7.89. The third kappa shape index (κ3) is 5.46. The van der Waals surface area contributed by atoms with Gasteiger partial charge < -0.3 is 10.2 Å². The van der Waals surface area contributed by atoms with E-state index in [1.54, 1.807) is 24.3 Å². The lowest BCUT2D eigenvalue weighted by Gasteiger charge is -2.25. The minimum Gasteiger partial charge on any atom is -0.353 e. The average molecular weight is 444 g/mol. The normalized spacial score (nSPS) is 13.0. The van der Waals surface area contributed by atoms with E-state index in [0.29, 0.717) is 0 Å². The van der Waals surface area contributed by atoms with Crippen molar-refractivity contribution in [2.24, 2.45) is 0 Å². The molecule has 0 saturated heterocycles. The van der Waals surface area contributed by atoms with E-state index in [9.17, 15) is 17.6 Å². The topological polar surface area (TPSA) is 69.7 Å². The molecule has 3 rings (SSSR count). The molecular formula is C23H26FN3O3S. The number of likely N-dealkylation sites (N-methyl/N-ethyl adjacent to an activating group) is 2. The molecule has 1 N–H and O–H groups in total. The summed E-state index contributed by atoms with van der Waals surface area (Å²) in [6.07, 6.45) is 0. The van der Waals surface area contributed by atoms with Gasteiger partial charge in [0.2, 0.25) is 15.9 Å². The number of hydrogen-bond donors (Lipinski definition) is 1. The van der Waals surface area contributed by atoms with E-state index in [1.165, 1.54) is 25.2 Å². The Morgan fingerprint density at radius 3 is 2.35 bits per heavy atom. The minimum absolute atomic E-state index is 0.132. The zero-order chi connectivity index (χ0) is 22.6.